The van der Waals surface area contributed by atoms with E-state index in [2.05, 4.69) is 50.8 Å². The number of tetrazole rings is 1. The first-order valence-corrected chi connectivity index (χ1v) is 10.0. The minimum atomic E-state index is -0.120. The molecule has 8 heteroatoms. The van der Waals surface area contributed by atoms with Crippen LogP contribution in [0.4, 0.5) is 0 Å². The Kier molecular flexibility index (Phi) is 6.25. The van der Waals surface area contributed by atoms with Crippen molar-refractivity contribution in [2.45, 2.75) is 25.6 Å². The largest absolute Gasteiger partial charge is 0.493 e. The minimum absolute atomic E-state index is 0.120. The van der Waals surface area contributed by atoms with Crippen LogP contribution in [0, 0.1) is 0 Å². The molecular formula is C22H27N5O3. The average molecular weight is 409 g/mol. The lowest BCUT2D eigenvalue weighted by atomic mass is 9.95. The second-order valence-corrected chi connectivity index (χ2v) is 7.26. The molecule has 1 atom stereocenters. The Bertz CT molecular complexity index is 990. The Morgan fingerprint density at radius 2 is 1.80 bits per heavy atom. The van der Waals surface area contributed by atoms with Crippen molar-refractivity contribution in [3.8, 4) is 11.5 Å². The number of hydrogen-bond acceptors (Lipinski definition) is 7. The molecule has 4 rings (SSSR count). The van der Waals surface area contributed by atoms with Crippen LogP contribution in [0.25, 0.3) is 0 Å². The second-order valence-electron chi connectivity index (χ2n) is 7.26. The van der Waals surface area contributed by atoms with Crippen molar-refractivity contribution in [2.75, 3.05) is 34.5 Å². The van der Waals surface area contributed by atoms with Gasteiger partial charge in [0.2, 0.25) is 0 Å². The van der Waals surface area contributed by atoms with Gasteiger partial charge in [0.25, 0.3) is 0 Å². The van der Waals surface area contributed by atoms with Crippen LogP contribution in [0.3, 0.4) is 0 Å². The van der Waals surface area contributed by atoms with Gasteiger partial charge in [-0.05, 0) is 45.7 Å². The predicted octanol–water partition coefficient (Wildman–Crippen LogP) is 2.48. The summed E-state index contributed by atoms with van der Waals surface area (Å²) in [5, 5.41) is 12.6. The molecule has 0 amide bonds. The highest BCUT2D eigenvalue weighted by molar-refractivity contribution is 5.45. The van der Waals surface area contributed by atoms with E-state index in [0.717, 1.165) is 30.9 Å². The third-order valence-corrected chi connectivity index (χ3v) is 5.56. The van der Waals surface area contributed by atoms with Crippen LogP contribution >= 0.6 is 0 Å². The molecule has 30 heavy (non-hydrogen) atoms. The van der Waals surface area contributed by atoms with Gasteiger partial charge in [-0.1, -0.05) is 30.3 Å². The van der Waals surface area contributed by atoms with Crippen molar-refractivity contribution in [3.05, 3.63) is 65.0 Å². The van der Waals surface area contributed by atoms with Gasteiger partial charge in [0.15, 0.2) is 17.3 Å². The molecule has 0 bridgehead atoms. The van der Waals surface area contributed by atoms with Crippen LogP contribution in [-0.2, 0) is 24.2 Å². The van der Waals surface area contributed by atoms with E-state index in [9.17, 15) is 0 Å². The fourth-order valence-corrected chi connectivity index (χ4v) is 4.03. The molecule has 0 spiro atoms. The molecule has 0 N–H and O–H groups in total. The third kappa shape index (κ3) is 4.01. The Labute approximate surface area is 176 Å². The standard InChI is InChI=1S/C22H27N5O3/c1-28-13-12-27-22(23-24-25-27)21(17-8-9-19(29-2)20(14-17)30-3)26-11-10-16-6-4-5-7-18(16)15-26/h4-9,14,21H,10-13,15H2,1-3H3. The van der Waals surface area contributed by atoms with Crippen LogP contribution < -0.4 is 9.47 Å². The molecule has 158 valence electrons. The number of aromatic nitrogens is 4. The van der Waals surface area contributed by atoms with Crippen LogP contribution in [0.2, 0.25) is 0 Å². The van der Waals surface area contributed by atoms with E-state index in [4.69, 9.17) is 14.2 Å². The molecule has 0 saturated heterocycles. The molecule has 1 unspecified atom stereocenters. The molecule has 8 nitrogen and oxygen atoms in total. The molecule has 1 aliphatic heterocycles. The Morgan fingerprint density at radius 3 is 2.57 bits per heavy atom. The monoisotopic (exact) mass is 409 g/mol. The summed E-state index contributed by atoms with van der Waals surface area (Å²) < 4.78 is 18.1. The first-order chi connectivity index (χ1) is 14.7. The number of methoxy groups -OCH3 is 3. The quantitative estimate of drug-likeness (QED) is 0.566. The summed E-state index contributed by atoms with van der Waals surface area (Å²) in [6.07, 6.45) is 0.986. The van der Waals surface area contributed by atoms with E-state index in [-0.39, 0.29) is 6.04 Å². The van der Waals surface area contributed by atoms with Gasteiger partial charge in [0.05, 0.1) is 33.4 Å². The molecule has 0 fully saturated rings. The van der Waals surface area contributed by atoms with E-state index >= 15 is 0 Å². The van der Waals surface area contributed by atoms with Crippen molar-refractivity contribution in [1.82, 2.24) is 25.1 Å². The van der Waals surface area contributed by atoms with Gasteiger partial charge in [-0.3, -0.25) is 4.90 Å². The van der Waals surface area contributed by atoms with Crippen molar-refractivity contribution in [1.29, 1.82) is 0 Å². The number of benzene rings is 2. The Balaban J connectivity index is 1.76. The lowest BCUT2D eigenvalue weighted by Gasteiger charge is -2.35. The highest BCUT2D eigenvalue weighted by atomic mass is 16.5. The van der Waals surface area contributed by atoms with E-state index < -0.39 is 0 Å². The fraction of sp³-hybridized carbons (Fsp3) is 0.409. The van der Waals surface area contributed by atoms with Crippen molar-refractivity contribution >= 4 is 0 Å². The first-order valence-electron chi connectivity index (χ1n) is 10.0. The zero-order valence-electron chi connectivity index (χ0n) is 17.6. The predicted molar refractivity (Wildman–Crippen MR) is 112 cm³/mol. The highest BCUT2D eigenvalue weighted by Gasteiger charge is 2.31. The molecular weight excluding hydrogens is 382 g/mol. The maximum absolute atomic E-state index is 5.56. The maximum atomic E-state index is 5.56. The number of fused-ring (bicyclic) bond motifs is 1. The van der Waals surface area contributed by atoms with Crippen molar-refractivity contribution in [3.63, 3.8) is 0 Å². The van der Waals surface area contributed by atoms with Gasteiger partial charge in [-0.15, -0.1) is 5.10 Å². The van der Waals surface area contributed by atoms with Gasteiger partial charge in [-0.25, -0.2) is 4.68 Å². The summed E-state index contributed by atoms with van der Waals surface area (Å²) in [5.41, 5.74) is 3.80. The smallest absolute Gasteiger partial charge is 0.173 e. The Morgan fingerprint density at radius 1 is 1.00 bits per heavy atom. The number of nitrogens with zero attached hydrogens (tertiary/aromatic N) is 5. The second kappa shape index (κ2) is 9.23. The van der Waals surface area contributed by atoms with Crippen LogP contribution in [0.15, 0.2) is 42.5 Å². The molecule has 0 saturated carbocycles. The molecule has 0 radical (unpaired) electrons. The number of rotatable bonds is 8. The van der Waals surface area contributed by atoms with Gasteiger partial charge in [0.1, 0.15) is 0 Å². The summed E-state index contributed by atoms with van der Waals surface area (Å²) in [5.74, 6) is 2.18. The molecule has 0 aliphatic carbocycles. The summed E-state index contributed by atoms with van der Waals surface area (Å²) in [4.78, 5) is 2.42. The number of ether oxygens (including phenoxy) is 3. The first kappa shape index (κ1) is 20.3. The Hall–Kier alpha value is -2.97. The summed E-state index contributed by atoms with van der Waals surface area (Å²) in [7, 11) is 4.97. The molecule has 1 aliphatic rings. The SMILES string of the molecule is COCCn1nnnc1C(c1ccc(OC)c(OC)c1)N1CCc2ccccc2C1. The minimum Gasteiger partial charge on any atom is -0.493 e. The molecule has 3 aromatic rings. The molecule has 2 heterocycles. The zero-order chi connectivity index (χ0) is 20.9. The number of hydrogen-bond donors (Lipinski definition) is 0. The third-order valence-electron chi connectivity index (χ3n) is 5.56. The maximum Gasteiger partial charge on any atom is 0.173 e. The van der Waals surface area contributed by atoms with Crippen LogP contribution in [-0.4, -0.2) is 59.6 Å². The van der Waals surface area contributed by atoms with Gasteiger partial charge >= 0.3 is 0 Å². The lowest BCUT2D eigenvalue weighted by Crippen LogP contribution is -2.36. The summed E-state index contributed by atoms with van der Waals surface area (Å²) in [6, 6.07) is 14.5. The summed E-state index contributed by atoms with van der Waals surface area (Å²) >= 11 is 0. The van der Waals surface area contributed by atoms with E-state index in [0.29, 0.717) is 24.7 Å². The summed E-state index contributed by atoms with van der Waals surface area (Å²) in [6.45, 7) is 2.87. The zero-order valence-corrected chi connectivity index (χ0v) is 17.6. The molecule has 2 aromatic carbocycles. The fourth-order valence-electron chi connectivity index (χ4n) is 4.03. The van der Waals surface area contributed by atoms with Crippen LogP contribution in [0.1, 0.15) is 28.6 Å². The normalized spacial score (nSPS) is 14.9. The van der Waals surface area contributed by atoms with Gasteiger partial charge < -0.3 is 14.2 Å². The van der Waals surface area contributed by atoms with Gasteiger partial charge in [0, 0.05) is 20.2 Å². The van der Waals surface area contributed by atoms with E-state index in [1.165, 1.54) is 11.1 Å². The van der Waals surface area contributed by atoms with Crippen LogP contribution in [0.5, 0.6) is 11.5 Å². The average Bonchev–Trinajstić information content (AvgIpc) is 3.25. The molecule has 1 aromatic heterocycles. The topological polar surface area (TPSA) is 74.5 Å². The van der Waals surface area contributed by atoms with E-state index in [1.54, 1.807) is 21.3 Å². The van der Waals surface area contributed by atoms with Gasteiger partial charge in [-0.2, -0.15) is 0 Å². The van der Waals surface area contributed by atoms with E-state index in [1.807, 2.05) is 16.8 Å². The van der Waals surface area contributed by atoms with Crippen molar-refractivity contribution < 1.29 is 14.2 Å². The van der Waals surface area contributed by atoms with Crippen molar-refractivity contribution in [2.24, 2.45) is 0 Å². The lowest BCUT2D eigenvalue weighted by molar-refractivity contribution is 0.169. The highest BCUT2D eigenvalue weighted by Crippen LogP contribution is 2.36.